The third-order valence-corrected chi connectivity index (χ3v) is 2.87. The van der Waals surface area contributed by atoms with Gasteiger partial charge in [-0.05, 0) is 33.6 Å². The lowest BCUT2D eigenvalue weighted by Crippen LogP contribution is -2.53. The van der Waals surface area contributed by atoms with Gasteiger partial charge in [-0.15, -0.1) is 0 Å². The van der Waals surface area contributed by atoms with Gasteiger partial charge in [-0.3, -0.25) is 0 Å². The Morgan fingerprint density at radius 2 is 1.48 bits per heavy atom. The summed E-state index contributed by atoms with van der Waals surface area (Å²) in [7, 11) is 0. The monoisotopic (exact) mass is 333 g/mol. The van der Waals surface area contributed by atoms with Crippen LogP contribution in [0.4, 0.5) is 0 Å². The van der Waals surface area contributed by atoms with Crippen LogP contribution in [0, 0.1) is 0 Å². The van der Waals surface area contributed by atoms with E-state index in [0.717, 1.165) is 19.1 Å². The van der Waals surface area contributed by atoms with Gasteiger partial charge in [0.1, 0.15) is 6.29 Å². The van der Waals surface area contributed by atoms with Crippen LogP contribution in [-0.4, -0.2) is 63.7 Å². The quantitative estimate of drug-likeness (QED) is 0.364. The Labute approximate surface area is 141 Å². The molecule has 0 aliphatic rings. The molecule has 23 heavy (non-hydrogen) atoms. The molecule has 1 unspecified atom stereocenters. The van der Waals surface area contributed by atoms with Gasteiger partial charge in [0, 0.05) is 26.2 Å². The van der Waals surface area contributed by atoms with Crippen molar-refractivity contribution in [2.75, 3.05) is 46.2 Å². The summed E-state index contributed by atoms with van der Waals surface area (Å²) in [6, 6.07) is 0. The van der Waals surface area contributed by atoms with E-state index in [0.29, 0.717) is 52.7 Å². The third kappa shape index (κ3) is 14.8. The molecule has 6 heteroatoms. The zero-order chi connectivity index (χ0) is 17.6. The molecule has 0 aromatic heterocycles. The number of ether oxygens (including phenoxy) is 4. The molecule has 0 aromatic rings. The lowest BCUT2D eigenvalue weighted by Gasteiger charge is -2.29. The zero-order valence-corrected chi connectivity index (χ0v) is 15.3. The number of carbonyl (C=O) groups excluding carboxylic acids is 1. The first-order valence-corrected chi connectivity index (χ1v) is 8.43. The molecule has 0 saturated carbocycles. The van der Waals surface area contributed by atoms with Crippen molar-refractivity contribution in [3.8, 4) is 0 Å². The van der Waals surface area contributed by atoms with Crippen LogP contribution in [0.1, 0.15) is 47.0 Å². The maximum atomic E-state index is 10.3. The van der Waals surface area contributed by atoms with Crippen LogP contribution in [-0.2, 0) is 23.7 Å². The molecule has 0 rings (SSSR count). The first kappa shape index (κ1) is 22.5. The molecule has 0 amide bonds. The van der Waals surface area contributed by atoms with E-state index in [1.807, 2.05) is 27.7 Å². The molecule has 0 radical (unpaired) electrons. The van der Waals surface area contributed by atoms with Gasteiger partial charge >= 0.3 is 0 Å². The predicted octanol–water partition coefficient (Wildman–Crippen LogP) is 1.94. The van der Waals surface area contributed by atoms with E-state index in [1.165, 1.54) is 0 Å². The Morgan fingerprint density at radius 3 is 2.00 bits per heavy atom. The first-order valence-electron chi connectivity index (χ1n) is 8.43. The van der Waals surface area contributed by atoms with Gasteiger partial charge < -0.3 is 29.5 Å². The van der Waals surface area contributed by atoms with Crippen molar-refractivity contribution >= 4 is 6.29 Å². The second-order valence-electron chi connectivity index (χ2n) is 6.79. The summed E-state index contributed by atoms with van der Waals surface area (Å²) in [5, 5.41) is 0. The molecular weight excluding hydrogens is 298 g/mol. The smallest absolute Gasteiger partial charge is 0.122 e. The summed E-state index contributed by atoms with van der Waals surface area (Å²) < 4.78 is 22.3. The summed E-state index contributed by atoms with van der Waals surface area (Å²) in [6.07, 6.45) is 2.96. The highest BCUT2D eigenvalue weighted by atomic mass is 16.5. The van der Waals surface area contributed by atoms with E-state index in [9.17, 15) is 4.79 Å². The Balaban J connectivity index is 4.01. The molecule has 138 valence electrons. The molecule has 0 aromatic carbocycles. The van der Waals surface area contributed by atoms with Crippen LogP contribution in [0.25, 0.3) is 0 Å². The average molecular weight is 333 g/mol. The highest BCUT2D eigenvalue weighted by Gasteiger charge is 2.26. The van der Waals surface area contributed by atoms with E-state index in [1.54, 1.807) is 0 Å². The van der Waals surface area contributed by atoms with Crippen molar-refractivity contribution in [3.63, 3.8) is 0 Å². The van der Waals surface area contributed by atoms with Gasteiger partial charge in [0.15, 0.2) is 0 Å². The van der Waals surface area contributed by atoms with Crippen LogP contribution in [0.2, 0.25) is 0 Å². The Hall–Kier alpha value is -0.530. The molecule has 0 heterocycles. The molecule has 0 spiro atoms. The van der Waals surface area contributed by atoms with Crippen molar-refractivity contribution in [2.24, 2.45) is 5.73 Å². The Kier molecular flexibility index (Phi) is 12.5. The summed E-state index contributed by atoms with van der Waals surface area (Å²) in [4.78, 5) is 10.3. The van der Waals surface area contributed by atoms with Crippen LogP contribution >= 0.6 is 0 Å². The van der Waals surface area contributed by atoms with Crippen LogP contribution in [0.5, 0.6) is 0 Å². The first-order chi connectivity index (χ1) is 10.8. The number of hydrogen-bond donors (Lipinski definition) is 1. The van der Waals surface area contributed by atoms with Crippen molar-refractivity contribution < 1.29 is 23.7 Å². The fourth-order valence-electron chi connectivity index (χ4n) is 1.77. The summed E-state index contributed by atoms with van der Waals surface area (Å²) in [5.41, 5.74) is 5.49. The van der Waals surface area contributed by atoms with Crippen LogP contribution < -0.4 is 5.73 Å². The van der Waals surface area contributed by atoms with Crippen molar-refractivity contribution in [1.82, 2.24) is 0 Å². The largest absolute Gasteiger partial charge is 0.379 e. The highest BCUT2D eigenvalue weighted by Crippen LogP contribution is 2.08. The molecule has 0 aliphatic heterocycles. The van der Waals surface area contributed by atoms with Crippen molar-refractivity contribution in [2.45, 2.75) is 58.1 Å². The van der Waals surface area contributed by atoms with Gasteiger partial charge in [0.2, 0.25) is 0 Å². The minimum Gasteiger partial charge on any atom is -0.379 e. The van der Waals surface area contributed by atoms with Crippen molar-refractivity contribution in [1.29, 1.82) is 0 Å². The Bertz CT molecular complexity index is 293. The molecule has 0 bridgehead atoms. The standard InChI is InChI=1S/C17H35NO5/c1-5-9-20-13-17(18,14-21-10-6-8-19)15-22-11-7-12-23-16(2,3)4/h8H,5-7,9-15,18H2,1-4H3. The lowest BCUT2D eigenvalue weighted by atomic mass is 10.1. The lowest BCUT2D eigenvalue weighted by molar-refractivity contribution is -0.109. The van der Waals surface area contributed by atoms with E-state index in [2.05, 4.69) is 0 Å². The third-order valence-electron chi connectivity index (χ3n) is 2.87. The zero-order valence-electron chi connectivity index (χ0n) is 15.3. The number of hydrogen-bond acceptors (Lipinski definition) is 6. The van der Waals surface area contributed by atoms with E-state index in [-0.39, 0.29) is 5.60 Å². The van der Waals surface area contributed by atoms with Gasteiger partial charge in [-0.2, -0.15) is 0 Å². The summed E-state index contributed by atoms with van der Waals surface area (Å²) >= 11 is 0. The van der Waals surface area contributed by atoms with Crippen LogP contribution in [0.15, 0.2) is 0 Å². The minimum absolute atomic E-state index is 0.127. The Morgan fingerprint density at radius 1 is 0.913 bits per heavy atom. The molecule has 0 saturated heterocycles. The molecule has 6 nitrogen and oxygen atoms in total. The fraction of sp³-hybridized carbons (Fsp3) is 0.941. The van der Waals surface area contributed by atoms with Crippen molar-refractivity contribution in [3.05, 3.63) is 0 Å². The van der Waals surface area contributed by atoms with E-state index < -0.39 is 5.54 Å². The van der Waals surface area contributed by atoms with Gasteiger partial charge in [0.05, 0.1) is 37.6 Å². The van der Waals surface area contributed by atoms with E-state index in [4.69, 9.17) is 24.7 Å². The SMILES string of the molecule is CCCOCC(N)(COCCC=O)COCCCOC(C)(C)C. The maximum absolute atomic E-state index is 10.3. The van der Waals surface area contributed by atoms with Crippen LogP contribution in [0.3, 0.4) is 0 Å². The molecular formula is C17H35NO5. The highest BCUT2D eigenvalue weighted by molar-refractivity contribution is 5.49. The number of aldehydes is 1. The number of rotatable bonds is 15. The predicted molar refractivity (Wildman–Crippen MR) is 90.7 cm³/mol. The molecule has 0 aliphatic carbocycles. The summed E-state index contributed by atoms with van der Waals surface area (Å²) in [5.74, 6) is 0. The number of carbonyl (C=O) groups is 1. The molecule has 0 fully saturated rings. The number of nitrogens with two attached hydrogens (primary N) is 1. The topological polar surface area (TPSA) is 80.0 Å². The van der Waals surface area contributed by atoms with Gasteiger partial charge in [0.25, 0.3) is 0 Å². The second kappa shape index (κ2) is 12.8. The maximum Gasteiger partial charge on any atom is 0.122 e. The van der Waals surface area contributed by atoms with Gasteiger partial charge in [-0.1, -0.05) is 6.92 Å². The minimum atomic E-state index is -0.692. The molecule has 2 N–H and O–H groups in total. The van der Waals surface area contributed by atoms with Gasteiger partial charge in [-0.25, -0.2) is 0 Å². The fourth-order valence-corrected chi connectivity index (χ4v) is 1.77. The average Bonchev–Trinajstić information content (AvgIpc) is 2.47. The molecule has 1 atom stereocenters. The summed E-state index contributed by atoms with van der Waals surface area (Å²) in [6.45, 7) is 11.4. The normalized spacial score (nSPS) is 14.7. The van der Waals surface area contributed by atoms with E-state index >= 15 is 0 Å². The second-order valence-corrected chi connectivity index (χ2v) is 6.79.